The van der Waals surface area contributed by atoms with E-state index in [4.69, 9.17) is 5.11 Å². The minimum Gasteiger partial charge on any atom is -0.477 e. The van der Waals surface area contributed by atoms with Crippen LogP contribution in [-0.2, 0) is 0 Å². The summed E-state index contributed by atoms with van der Waals surface area (Å²) in [6, 6.07) is 4.40. The van der Waals surface area contributed by atoms with Crippen LogP contribution in [0, 0.1) is 5.92 Å². The first kappa shape index (κ1) is 11.6. The molecule has 1 saturated carbocycles. The fraction of sp³-hybridized carbons (Fsp3) is 0.417. The quantitative estimate of drug-likeness (QED) is 0.805. The maximum atomic E-state index is 11.7. The largest absolute Gasteiger partial charge is 0.477 e. The number of aromatic carboxylic acids is 1. The lowest BCUT2D eigenvalue weighted by Gasteiger charge is -2.04. The van der Waals surface area contributed by atoms with Gasteiger partial charge in [-0.25, -0.2) is 9.78 Å². The van der Waals surface area contributed by atoms with Crippen LogP contribution in [0.25, 0.3) is 0 Å². The summed E-state index contributed by atoms with van der Waals surface area (Å²) in [6.45, 7) is 0.627. The van der Waals surface area contributed by atoms with Crippen LogP contribution >= 0.6 is 0 Å². The normalized spacial score (nSPS) is 14.4. The van der Waals surface area contributed by atoms with Gasteiger partial charge in [0, 0.05) is 6.54 Å². The lowest BCUT2D eigenvalue weighted by atomic mass is 10.2. The zero-order chi connectivity index (χ0) is 12.3. The molecule has 2 N–H and O–H groups in total. The number of pyridine rings is 1. The van der Waals surface area contributed by atoms with Crippen LogP contribution in [-0.4, -0.2) is 28.5 Å². The second kappa shape index (κ2) is 4.95. The Hall–Kier alpha value is -1.91. The molecule has 0 radical (unpaired) electrons. The first-order valence-corrected chi connectivity index (χ1v) is 5.65. The minimum absolute atomic E-state index is 0.111. The molecule has 0 spiro atoms. The molecule has 5 heteroatoms. The van der Waals surface area contributed by atoms with Gasteiger partial charge >= 0.3 is 5.97 Å². The summed E-state index contributed by atoms with van der Waals surface area (Å²) in [5.41, 5.74) is 0.0422. The Kier molecular flexibility index (Phi) is 3.37. The first-order valence-electron chi connectivity index (χ1n) is 5.65. The van der Waals surface area contributed by atoms with Gasteiger partial charge in [-0.05, 0) is 24.5 Å². The number of hydrogen-bond donors (Lipinski definition) is 2. The highest BCUT2D eigenvalue weighted by molar-refractivity contribution is 5.94. The van der Waals surface area contributed by atoms with Crippen molar-refractivity contribution in [1.82, 2.24) is 10.3 Å². The zero-order valence-electron chi connectivity index (χ0n) is 9.35. The molecule has 1 fully saturated rings. The average molecular weight is 234 g/mol. The van der Waals surface area contributed by atoms with E-state index in [2.05, 4.69) is 10.3 Å². The van der Waals surface area contributed by atoms with Gasteiger partial charge in [-0.15, -0.1) is 0 Å². The van der Waals surface area contributed by atoms with Crippen molar-refractivity contribution < 1.29 is 14.7 Å². The van der Waals surface area contributed by atoms with Gasteiger partial charge in [0.05, 0.1) is 0 Å². The van der Waals surface area contributed by atoms with Crippen molar-refractivity contribution in [1.29, 1.82) is 0 Å². The number of aromatic nitrogens is 1. The summed E-state index contributed by atoms with van der Waals surface area (Å²) in [5, 5.41) is 11.5. The predicted octanol–water partition coefficient (Wildman–Crippen LogP) is 1.31. The summed E-state index contributed by atoms with van der Waals surface area (Å²) in [5.74, 6) is -0.681. The SMILES string of the molecule is O=C(O)c1cccc(C(=O)NCCC2CC2)n1. The lowest BCUT2D eigenvalue weighted by Crippen LogP contribution is -2.26. The molecule has 1 aliphatic carbocycles. The summed E-state index contributed by atoms with van der Waals surface area (Å²) < 4.78 is 0. The van der Waals surface area contributed by atoms with Gasteiger partial charge in [-0.1, -0.05) is 18.9 Å². The molecule has 1 aromatic rings. The van der Waals surface area contributed by atoms with Gasteiger partial charge in [0.1, 0.15) is 11.4 Å². The molecule has 0 aromatic carbocycles. The van der Waals surface area contributed by atoms with Crippen molar-refractivity contribution in [3.05, 3.63) is 29.6 Å². The zero-order valence-corrected chi connectivity index (χ0v) is 9.35. The number of nitrogens with one attached hydrogen (secondary N) is 1. The number of carbonyl (C=O) groups is 2. The van der Waals surface area contributed by atoms with Gasteiger partial charge in [0.2, 0.25) is 0 Å². The number of carboxylic acid groups (broad SMARTS) is 1. The van der Waals surface area contributed by atoms with Crippen LogP contribution in [0.1, 0.15) is 40.2 Å². The number of hydrogen-bond acceptors (Lipinski definition) is 3. The highest BCUT2D eigenvalue weighted by Crippen LogP contribution is 2.31. The smallest absolute Gasteiger partial charge is 0.354 e. The molecule has 0 atom stereocenters. The van der Waals surface area contributed by atoms with E-state index in [0.717, 1.165) is 12.3 Å². The second-order valence-electron chi connectivity index (χ2n) is 4.20. The van der Waals surface area contributed by atoms with E-state index in [-0.39, 0.29) is 17.3 Å². The number of rotatable bonds is 5. The number of nitrogens with zero attached hydrogens (tertiary/aromatic N) is 1. The highest BCUT2D eigenvalue weighted by Gasteiger charge is 2.20. The Bertz CT molecular complexity index is 441. The molecule has 17 heavy (non-hydrogen) atoms. The van der Waals surface area contributed by atoms with Crippen LogP contribution in [0.15, 0.2) is 18.2 Å². The molecule has 2 rings (SSSR count). The summed E-state index contributed by atoms with van der Waals surface area (Å²) in [7, 11) is 0. The van der Waals surface area contributed by atoms with Crippen molar-refractivity contribution in [2.75, 3.05) is 6.54 Å². The van der Waals surface area contributed by atoms with Crippen molar-refractivity contribution in [2.45, 2.75) is 19.3 Å². The molecule has 0 unspecified atom stereocenters. The lowest BCUT2D eigenvalue weighted by molar-refractivity contribution is 0.0690. The molecule has 0 aliphatic heterocycles. The first-order chi connectivity index (χ1) is 8.16. The maximum absolute atomic E-state index is 11.7. The fourth-order valence-electron chi connectivity index (χ4n) is 1.57. The van der Waals surface area contributed by atoms with Crippen LogP contribution in [0.3, 0.4) is 0 Å². The minimum atomic E-state index is -1.13. The highest BCUT2D eigenvalue weighted by atomic mass is 16.4. The molecule has 0 saturated heterocycles. The third kappa shape index (κ3) is 3.27. The van der Waals surface area contributed by atoms with Crippen molar-refractivity contribution in [2.24, 2.45) is 5.92 Å². The van der Waals surface area contributed by atoms with Crippen molar-refractivity contribution >= 4 is 11.9 Å². The fourth-order valence-corrected chi connectivity index (χ4v) is 1.57. The standard InChI is InChI=1S/C12H14N2O3/c15-11(13-7-6-8-4-5-8)9-2-1-3-10(14-9)12(16)17/h1-3,8H,4-7H2,(H,13,15)(H,16,17). The Morgan fingerprint density at radius 1 is 1.35 bits per heavy atom. The van der Waals surface area contributed by atoms with Crippen molar-refractivity contribution in [3.8, 4) is 0 Å². The Morgan fingerprint density at radius 3 is 2.71 bits per heavy atom. The van der Waals surface area contributed by atoms with Crippen LogP contribution in [0.4, 0.5) is 0 Å². The van der Waals surface area contributed by atoms with E-state index in [0.29, 0.717) is 6.54 Å². The van der Waals surface area contributed by atoms with E-state index >= 15 is 0 Å². The second-order valence-corrected chi connectivity index (χ2v) is 4.20. The summed E-state index contributed by atoms with van der Waals surface area (Å²) in [4.78, 5) is 26.1. The number of amides is 1. The van der Waals surface area contributed by atoms with E-state index < -0.39 is 5.97 Å². The topological polar surface area (TPSA) is 79.3 Å². The van der Waals surface area contributed by atoms with Gasteiger partial charge in [0.15, 0.2) is 0 Å². The van der Waals surface area contributed by atoms with Gasteiger partial charge in [0.25, 0.3) is 5.91 Å². The van der Waals surface area contributed by atoms with E-state index in [1.165, 1.54) is 31.0 Å². The molecule has 5 nitrogen and oxygen atoms in total. The van der Waals surface area contributed by atoms with Crippen LogP contribution in [0.2, 0.25) is 0 Å². The number of carboxylic acids is 1. The third-order valence-electron chi connectivity index (χ3n) is 2.74. The van der Waals surface area contributed by atoms with E-state index in [1.54, 1.807) is 0 Å². The Balaban J connectivity index is 1.92. The van der Waals surface area contributed by atoms with E-state index in [1.807, 2.05) is 0 Å². The van der Waals surface area contributed by atoms with E-state index in [9.17, 15) is 9.59 Å². The molecule has 1 heterocycles. The van der Waals surface area contributed by atoms with Gasteiger partial charge in [-0.2, -0.15) is 0 Å². The molecule has 0 bridgehead atoms. The summed E-state index contributed by atoms with van der Waals surface area (Å²) >= 11 is 0. The van der Waals surface area contributed by atoms with Crippen LogP contribution in [0.5, 0.6) is 0 Å². The van der Waals surface area contributed by atoms with Gasteiger partial charge < -0.3 is 10.4 Å². The molecule has 1 aliphatic rings. The monoisotopic (exact) mass is 234 g/mol. The van der Waals surface area contributed by atoms with Gasteiger partial charge in [-0.3, -0.25) is 4.79 Å². The molecule has 1 amide bonds. The summed E-state index contributed by atoms with van der Waals surface area (Å²) in [6.07, 6.45) is 3.50. The maximum Gasteiger partial charge on any atom is 0.354 e. The molecular weight excluding hydrogens is 220 g/mol. The molecular formula is C12H14N2O3. The van der Waals surface area contributed by atoms with Crippen LogP contribution < -0.4 is 5.32 Å². The Morgan fingerprint density at radius 2 is 2.06 bits per heavy atom. The molecule has 90 valence electrons. The van der Waals surface area contributed by atoms with Crippen molar-refractivity contribution in [3.63, 3.8) is 0 Å². The number of carbonyl (C=O) groups excluding carboxylic acids is 1. The third-order valence-corrected chi connectivity index (χ3v) is 2.74. The Labute approximate surface area is 98.9 Å². The average Bonchev–Trinajstić information content (AvgIpc) is 3.13. The molecule has 1 aromatic heterocycles. The predicted molar refractivity (Wildman–Crippen MR) is 60.9 cm³/mol.